The van der Waals surface area contributed by atoms with E-state index in [0.717, 1.165) is 36.1 Å². The number of rotatable bonds is 0. The molecule has 100 valence electrons. The van der Waals surface area contributed by atoms with Crippen LogP contribution in [0.1, 0.15) is 58.8 Å². The van der Waals surface area contributed by atoms with Crippen LogP contribution in [0.3, 0.4) is 0 Å². The maximum absolute atomic E-state index is 4.83. The standard InChI is InChI=1S/C14H24N4/c1-13(2,3)11-10-9(7-15-8-16-10)17-12(18-11)14(4,5)6/h15-16H,7-8H2,1-6H3. The topological polar surface area (TPSA) is 49.8 Å². The first kappa shape index (κ1) is 13.3. The fourth-order valence-corrected chi connectivity index (χ4v) is 2.03. The number of aromatic nitrogens is 2. The van der Waals surface area contributed by atoms with Crippen LogP contribution in [0.25, 0.3) is 0 Å². The van der Waals surface area contributed by atoms with E-state index in [4.69, 9.17) is 9.97 Å². The first-order valence-electron chi connectivity index (χ1n) is 6.56. The third-order valence-corrected chi connectivity index (χ3v) is 3.05. The van der Waals surface area contributed by atoms with Crippen LogP contribution in [0.4, 0.5) is 5.69 Å². The third kappa shape index (κ3) is 2.48. The molecule has 0 aromatic carbocycles. The summed E-state index contributed by atoms with van der Waals surface area (Å²) in [5, 5.41) is 6.68. The average Bonchev–Trinajstić information content (AvgIpc) is 2.25. The second-order valence-electron chi connectivity index (χ2n) is 7.00. The first-order chi connectivity index (χ1) is 8.19. The van der Waals surface area contributed by atoms with Crippen molar-refractivity contribution in [2.75, 3.05) is 12.0 Å². The van der Waals surface area contributed by atoms with Gasteiger partial charge in [0.25, 0.3) is 0 Å². The number of nitrogens with zero attached hydrogens (tertiary/aromatic N) is 2. The molecule has 18 heavy (non-hydrogen) atoms. The van der Waals surface area contributed by atoms with Crippen LogP contribution >= 0.6 is 0 Å². The molecule has 2 heterocycles. The van der Waals surface area contributed by atoms with Gasteiger partial charge in [0.1, 0.15) is 5.82 Å². The van der Waals surface area contributed by atoms with Crippen molar-refractivity contribution < 1.29 is 0 Å². The molecule has 1 aliphatic rings. The lowest BCUT2D eigenvalue weighted by Crippen LogP contribution is -2.33. The Morgan fingerprint density at radius 3 is 2.17 bits per heavy atom. The summed E-state index contributed by atoms with van der Waals surface area (Å²) in [6.45, 7) is 14.7. The summed E-state index contributed by atoms with van der Waals surface area (Å²) < 4.78 is 0. The number of hydrogen-bond acceptors (Lipinski definition) is 4. The maximum Gasteiger partial charge on any atom is 0.134 e. The highest BCUT2D eigenvalue weighted by Gasteiger charge is 2.28. The van der Waals surface area contributed by atoms with Crippen molar-refractivity contribution in [1.82, 2.24) is 15.3 Å². The number of nitrogens with one attached hydrogen (secondary N) is 2. The molecule has 0 saturated heterocycles. The largest absolute Gasteiger partial charge is 0.369 e. The van der Waals surface area contributed by atoms with Crippen LogP contribution in [0.5, 0.6) is 0 Å². The van der Waals surface area contributed by atoms with Gasteiger partial charge in [-0.15, -0.1) is 0 Å². The highest BCUT2D eigenvalue weighted by Crippen LogP contribution is 2.33. The molecule has 0 amide bonds. The van der Waals surface area contributed by atoms with Gasteiger partial charge in [0.05, 0.1) is 23.7 Å². The van der Waals surface area contributed by atoms with Gasteiger partial charge in [-0.1, -0.05) is 41.5 Å². The van der Waals surface area contributed by atoms with Crippen LogP contribution in [-0.4, -0.2) is 16.6 Å². The van der Waals surface area contributed by atoms with Gasteiger partial charge in [-0.25, -0.2) is 9.97 Å². The molecule has 0 fully saturated rings. The fourth-order valence-electron chi connectivity index (χ4n) is 2.03. The van der Waals surface area contributed by atoms with E-state index in [0.29, 0.717) is 0 Å². The molecule has 4 nitrogen and oxygen atoms in total. The molecule has 0 saturated carbocycles. The molecule has 0 unspecified atom stereocenters. The quantitative estimate of drug-likeness (QED) is 0.741. The predicted molar refractivity (Wildman–Crippen MR) is 74.8 cm³/mol. The normalized spacial score (nSPS) is 16.1. The number of anilines is 1. The van der Waals surface area contributed by atoms with Crippen molar-refractivity contribution in [2.24, 2.45) is 0 Å². The second kappa shape index (κ2) is 4.19. The van der Waals surface area contributed by atoms with Crippen molar-refractivity contribution >= 4 is 5.69 Å². The average molecular weight is 248 g/mol. The van der Waals surface area contributed by atoms with Gasteiger partial charge < -0.3 is 5.32 Å². The van der Waals surface area contributed by atoms with E-state index in [1.807, 2.05) is 0 Å². The molecule has 0 radical (unpaired) electrons. The van der Waals surface area contributed by atoms with Gasteiger partial charge >= 0.3 is 0 Å². The van der Waals surface area contributed by atoms with E-state index in [1.165, 1.54) is 0 Å². The molecule has 0 atom stereocenters. The first-order valence-corrected chi connectivity index (χ1v) is 6.56. The number of fused-ring (bicyclic) bond motifs is 1. The Balaban J connectivity index is 2.63. The summed E-state index contributed by atoms with van der Waals surface area (Å²) >= 11 is 0. The van der Waals surface area contributed by atoms with E-state index < -0.39 is 0 Å². The van der Waals surface area contributed by atoms with E-state index in [9.17, 15) is 0 Å². The Morgan fingerprint density at radius 2 is 1.61 bits per heavy atom. The van der Waals surface area contributed by atoms with Crippen molar-refractivity contribution in [3.8, 4) is 0 Å². The lowest BCUT2D eigenvalue weighted by Gasteiger charge is -2.29. The summed E-state index contributed by atoms with van der Waals surface area (Å²) in [6, 6.07) is 0. The zero-order valence-electron chi connectivity index (χ0n) is 12.3. The molecule has 2 N–H and O–H groups in total. The van der Waals surface area contributed by atoms with Gasteiger partial charge in [0, 0.05) is 17.4 Å². The fraction of sp³-hybridized carbons (Fsp3) is 0.714. The van der Waals surface area contributed by atoms with Crippen molar-refractivity contribution in [3.63, 3.8) is 0 Å². The minimum atomic E-state index is -0.0214. The molecule has 0 aliphatic carbocycles. The van der Waals surface area contributed by atoms with Gasteiger partial charge in [-0.2, -0.15) is 0 Å². The molecular formula is C14H24N4. The van der Waals surface area contributed by atoms with Gasteiger partial charge in [-0.3, -0.25) is 5.32 Å². The smallest absolute Gasteiger partial charge is 0.134 e. The van der Waals surface area contributed by atoms with Gasteiger partial charge in [-0.05, 0) is 0 Å². The maximum atomic E-state index is 4.83. The highest BCUT2D eigenvalue weighted by atomic mass is 15.1. The summed E-state index contributed by atoms with van der Waals surface area (Å²) in [5.41, 5.74) is 3.34. The zero-order valence-corrected chi connectivity index (χ0v) is 12.3. The molecule has 1 aromatic rings. The van der Waals surface area contributed by atoms with Crippen LogP contribution < -0.4 is 10.6 Å². The Bertz CT molecular complexity index is 452. The summed E-state index contributed by atoms with van der Waals surface area (Å²) in [6.07, 6.45) is 0. The van der Waals surface area contributed by atoms with Crippen molar-refractivity contribution in [2.45, 2.75) is 58.9 Å². The zero-order chi connectivity index (χ0) is 13.6. The monoisotopic (exact) mass is 248 g/mol. The molecule has 2 rings (SSSR count). The Morgan fingerprint density at radius 1 is 0.944 bits per heavy atom. The minimum Gasteiger partial charge on any atom is -0.369 e. The van der Waals surface area contributed by atoms with Crippen LogP contribution in [-0.2, 0) is 17.4 Å². The Hall–Kier alpha value is -1.16. The molecule has 0 spiro atoms. The molecular weight excluding hydrogens is 224 g/mol. The predicted octanol–water partition coefficient (Wildman–Crippen LogP) is 2.54. The van der Waals surface area contributed by atoms with E-state index in [-0.39, 0.29) is 10.8 Å². The van der Waals surface area contributed by atoms with Crippen LogP contribution in [0.2, 0.25) is 0 Å². The Kier molecular flexibility index (Phi) is 3.09. The molecule has 0 bridgehead atoms. The van der Waals surface area contributed by atoms with Crippen LogP contribution in [0.15, 0.2) is 0 Å². The molecule has 1 aliphatic heterocycles. The van der Waals surface area contributed by atoms with Gasteiger partial charge in [0.2, 0.25) is 0 Å². The van der Waals surface area contributed by atoms with E-state index >= 15 is 0 Å². The summed E-state index contributed by atoms with van der Waals surface area (Å²) in [7, 11) is 0. The summed E-state index contributed by atoms with van der Waals surface area (Å²) in [5.74, 6) is 0.927. The lowest BCUT2D eigenvalue weighted by atomic mass is 9.88. The SMILES string of the molecule is CC(C)(C)c1nc2c(c(C(C)(C)C)n1)NCNC2. The van der Waals surface area contributed by atoms with Crippen molar-refractivity contribution in [1.29, 1.82) is 0 Å². The van der Waals surface area contributed by atoms with Crippen molar-refractivity contribution in [3.05, 3.63) is 17.2 Å². The lowest BCUT2D eigenvalue weighted by molar-refractivity contribution is 0.504. The third-order valence-electron chi connectivity index (χ3n) is 3.05. The van der Waals surface area contributed by atoms with Crippen LogP contribution in [0, 0.1) is 0 Å². The highest BCUT2D eigenvalue weighted by molar-refractivity contribution is 5.56. The van der Waals surface area contributed by atoms with E-state index in [2.05, 4.69) is 52.2 Å². The second-order valence-corrected chi connectivity index (χ2v) is 7.00. The molecule has 4 heteroatoms. The summed E-state index contributed by atoms with van der Waals surface area (Å²) in [4.78, 5) is 9.55. The number of hydrogen-bond donors (Lipinski definition) is 2. The van der Waals surface area contributed by atoms with Gasteiger partial charge in [0.15, 0.2) is 0 Å². The minimum absolute atomic E-state index is 0.0214. The van der Waals surface area contributed by atoms with E-state index in [1.54, 1.807) is 0 Å². The molecule has 1 aromatic heterocycles. The Labute approximate surface area is 110 Å².